The quantitative estimate of drug-likeness (QED) is 0.849. The molecule has 2 aromatic carbocycles. The molecule has 0 bridgehead atoms. The highest BCUT2D eigenvalue weighted by Crippen LogP contribution is 2.28. The van der Waals surface area contributed by atoms with E-state index in [-0.39, 0.29) is 21.7 Å². The van der Waals surface area contributed by atoms with Crippen LogP contribution in [-0.4, -0.2) is 14.5 Å². The fraction of sp³-hybridized carbons (Fsp3) is 0.200. The van der Waals surface area contributed by atoms with Gasteiger partial charge in [0.25, 0.3) is 10.0 Å². The summed E-state index contributed by atoms with van der Waals surface area (Å²) in [6.07, 6.45) is 0.0193. The molecule has 2 rings (SSSR count). The van der Waals surface area contributed by atoms with Crippen LogP contribution >= 0.6 is 23.2 Å². The summed E-state index contributed by atoms with van der Waals surface area (Å²) in [6.45, 7) is 3.79. The van der Waals surface area contributed by atoms with Crippen molar-refractivity contribution in [2.75, 3.05) is 4.72 Å². The summed E-state index contributed by atoms with van der Waals surface area (Å²) < 4.78 is 32.6. The molecule has 0 heterocycles. The average molecular weight is 360 g/mol. The third-order valence-corrected chi connectivity index (χ3v) is 4.62. The summed E-state index contributed by atoms with van der Waals surface area (Å²) in [7, 11) is -3.75. The summed E-state index contributed by atoms with van der Waals surface area (Å²) in [6, 6.07) is 10.7. The molecule has 0 spiro atoms. The molecule has 0 saturated heterocycles. The van der Waals surface area contributed by atoms with Crippen molar-refractivity contribution in [1.82, 2.24) is 0 Å². The van der Waals surface area contributed by atoms with Gasteiger partial charge in [0.2, 0.25) is 0 Å². The van der Waals surface area contributed by atoms with Crippen LogP contribution in [0.5, 0.6) is 5.75 Å². The lowest BCUT2D eigenvalue weighted by molar-refractivity contribution is 0.242. The molecule has 22 heavy (non-hydrogen) atoms. The van der Waals surface area contributed by atoms with Gasteiger partial charge in [-0.1, -0.05) is 23.2 Å². The Morgan fingerprint density at radius 1 is 1.05 bits per heavy atom. The van der Waals surface area contributed by atoms with Crippen LogP contribution in [0.25, 0.3) is 0 Å². The van der Waals surface area contributed by atoms with E-state index in [1.807, 2.05) is 13.8 Å². The highest BCUT2D eigenvalue weighted by Gasteiger charge is 2.16. The highest BCUT2D eigenvalue weighted by atomic mass is 35.5. The van der Waals surface area contributed by atoms with E-state index in [9.17, 15) is 8.42 Å². The SMILES string of the molecule is CC(C)Oc1ccc(S(=O)(=O)Nc2cc(Cl)ccc2Cl)cc1. The molecule has 7 heteroatoms. The van der Waals surface area contributed by atoms with E-state index >= 15 is 0 Å². The minimum atomic E-state index is -3.75. The second-order valence-corrected chi connectivity index (χ2v) is 7.39. The van der Waals surface area contributed by atoms with Gasteiger partial charge in [0.15, 0.2) is 0 Å². The van der Waals surface area contributed by atoms with E-state index in [0.29, 0.717) is 10.8 Å². The van der Waals surface area contributed by atoms with Crippen LogP contribution in [-0.2, 0) is 10.0 Å². The molecule has 0 aliphatic carbocycles. The second-order valence-electron chi connectivity index (χ2n) is 4.87. The molecule has 0 amide bonds. The first-order valence-electron chi connectivity index (χ1n) is 6.52. The van der Waals surface area contributed by atoms with E-state index in [2.05, 4.69) is 4.72 Å². The Bertz CT molecular complexity index is 759. The summed E-state index contributed by atoms with van der Waals surface area (Å²) >= 11 is 11.8. The Morgan fingerprint density at radius 2 is 1.68 bits per heavy atom. The Kier molecular flexibility index (Phi) is 5.21. The predicted octanol–water partition coefficient (Wildman–Crippen LogP) is 4.58. The summed E-state index contributed by atoms with van der Waals surface area (Å²) in [4.78, 5) is 0.111. The molecule has 1 N–H and O–H groups in total. The monoisotopic (exact) mass is 359 g/mol. The fourth-order valence-electron chi connectivity index (χ4n) is 1.75. The van der Waals surface area contributed by atoms with Crippen LogP contribution in [0.4, 0.5) is 5.69 Å². The van der Waals surface area contributed by atoms with Gasteiger partial charge in [-0.05, 0) is 56.3 Å². The lowest BCUT2D eigenvalue weighted by Crippen LogP contribution is -2.13. The smallest absolute Gasteiger partial charge is 0.261 e. The van der Waals surface area contributed by atoms with E-state index in [1.54, 1.807) is 18.2 Å². The number of hydrogen-bond acceptors (Lipinski definition) is 3. The fourth-order valence-corrected chi connectivity index (χ4v) is 3.21. The van der Waals surface area contributed by atoms with Crippen molar-refractivity contribution in [3.8, 4) is 5.75 Å². The first-order chi connectivity index (χ1) is 10.3. The molecule has 0 aromatic heterocycles. The van der Waals surface area contributed by atoms with Gasteiger partial charge < -0.3 is 4.74 Å². The molecule has 0 saturated carbocycles. The molecule has 0 atom stereocenters. The van der Waals surface area contributed by atoms with Gasteiger partial charge >= 0.3 is 0 Å². The van der Waals surface area contributed by atoms with Gasteiger partial charge in [-0.15, -0.1) is 0 Å². The van der Waals surface area contributed by atoms with Crippen LogP contribution in [0, 0.1) is 0 Å². The van der Waals surface area contributed by atoms with Crippen molar-refractivity contribution in [3.63, 3.8) is 0 Å². The maximum absolute atomic E-state index is 12.3. The van der Waals surface area contributed by atoms with E-state index < -0.39 is 10.0 Å². The number of anilines is 1. The van der Waals surface area contributed by atoms with Crippen LogP contribution in [0.15, 0.2) is 47.4 Å². The third-order valence-electron chi connectivity index (χ3n) is 2.68. The Hall–Kier alpha value is -1.43. The summed E-state index contributed by atoms with van der Waals surface area (Å²) in [5.41, 5.74) is 0.233. The van der Waals surface area contributed by atoms with Crippen molar-refractivity contribution < 1.29 is 13.2 Å². The number of hydrogen-bond donors (Lipinski definition) is 1. The van der Waals surface area contributed by atoms with Crippen LogP contribution in [0.3, 0.4) is 0 Å². The normalized spacial score (nSPS) is 11.5. The average Bonchev–Trinajstić information content (AvgIpc) is 2.42. The Morgan fingerprint density at radius 3 is 2.27 bits per heavy atom. The van der Waals surface area contributed by atoms with Crippen LogP contribution < -0.4 is 9.46 Å². The maximum Gasteiger partial charge on any atom is 0.261 e. The van der Waals surface area contributed by atoms with Gasteiger partial charge in [-0.25, -0.2) is 8.42 Å². The molecule has 2 aromatic rings. The van der Waals surface area contributed by atoms with Crippen molar-refractivity contribution in [3.05, 3.63) is 52.5 Å². The summed E-state index contributed by atoms with van der Waals surface area (Å²) in [5, 5.41) is 0.663. The van der Waals surface area contributed by atoms with E-state index in [1.165, 1.54) is 24.3 Å². The minimum absolute atomic E-state index is 0.0193. The van der Waals surface area contributed by atoms with Crippen LogP contribution in [0.1, 0.15) is 13.8 Å². The van der Waals surface area contributed by atoms with Gasteiger partial charge in [-0.2, -0.15) is 0 Å². The Balaban J connectivity index is 2.25. The summed E-state index contributed by atoms with van der Waals surface area (Å²) in [5.74, 6) is 0.606. The van der Waals surface area contributed by atoms with Gasteiger partial charge in [-0.3, -0.25) is 4.72 Å². The molecular weight excluding hydrogens is 345 g/mol. The molecule has 0 radical (unpaired) electrons. The van der Waals surface area contributed by atoms with Gasteiger partial charge in [0.05, 0.1) is 21.7 Å². The molecular formula is C15H15Cl2NO3S. The second kappa shape index (κ2) is 6.77. The van der Waals surface area contributed by atoms with Crippen molar-refractivity contribution in [2.45, 2.75) is 24.8 Å². The first kappa shape index (κ1) is 16.9. The van der Waals surface area contributed by atoms with Crippen molar-refractivity contribution >= 4 is 38.9 Å². The molecule has 0 aliphatic heterocycles. The molecule has 0 unspecified atom stereocenters. The van der Waals surface area contributed by atoms with Crippen LogP contribution in [0.2, 0.25) is 10.0 Å². The van der Waals surface area contributed by atoms with Gasteiger partial charge in [0.1, 0.15) is 5.75 Å². The number of sulfonamides is 1. The Labute approximate surface area is 140 Å². The number of ether oxygens (including phenoxy) is 1. The van der Waals surface area contributed by atoms with Crippen molar-refractivity contribution in [2.24, 2.45) is 0 Å². The maximum atomic E-state index is 12.3. The minimum Gasteiger partial charge on any atom is -0.491 e. The lowest BCUT2D eigenvalue weighted by atomic mass is 10.3. The highest BCUT2D eigenvalue weighted by molar-refractivity contribution is 7.92. The molecule has 118 valence electrons. The standard InChI is InChI=1S/C15H15Cl2NO3S/c1-10(2)21-12-4-6-13(7-5-12)22(19,20)18-15-9-11(16)3-8-14(15)17/h3-10,18H,1-2H3. The zero-order chi connectivity index (χ0) is 16.3. The van der Waals surface area contributed by atoms with Gasteiger partial charge in [0, 0.05) is 5.02 Å². The van der Waals surface area contributed by atoms with Crippen molar-refractivity contribution in [1.29, 1.82) is 0 Å². The molecule has 4 nitrogen and oxygen atoms in total. The van der Waals surface area contributed by atoms with E-state index in [4.69, 9.17) is 27.9 Å². The largest absolute Gasteiger partial charge is 0.491 e. The predicted molar refractivity (Wildman–Crippen MR) is 89.5 cm³/mol. The number of benzene rings is 2. The zero-order valence-electron chi connectivity index (χ0n) is 12.0. The first-order valence-corrected chi connectivity index (χ1v) is 8.76. The number of rotatable bonds is 5. The van der Waals surface area contributed by atoms with E-state index in [0.717, 1.165) is 0 Å². The topological polar surface area (TPSA) is 55.4 Å². The molecule has 0 fully saturated rings. The lowest BCUT2D eigenvalue weighted by Gasteiger charge is -2.12. The third kappa shape index (κ3) is 4.29. The zero-order valence-corrected chi connectivity index (χ0v) is 14.3. The molecule has 0 aliphatic rings. The number of nitrogens with one attached hydrogen (secondary N) is 1. The number of halogens is 2.